The second-order valence-electron chi connectivity index (χ2n) is 4.11. The third kappa shape index (κ3) is 3.94. The fourth-order valence-electron chi connectivity index (χ4n) is 1.48. The Labute approximate surface area is 101 Å². The van der Waals surface area contributed by atoms with Crippen LogP contribution in [-0.2, 0) is 4.79 Å². The Hall–Kier alpha value is -1.78. The molecule has 1 aromatic heterocycles. The molecule has 0 aliphatic heterocycles. The largest absolute Gasteiger partial charge is 0.481 e. The van der Waals surface area contributed by atoms with Gasteiger partial charge in [0.05, 0.1) is 7.11 Å². The maximum absolute atomic E-state index is 11.4. The van der Waals surface area contributed by atoms with E-state index in [1.54, 1.807) is 19.4 Å². The maximum Gasteiger partial charge on any atom is 0.221 e. The average Bonchev–Trinajstić information content (AvgIpc) is 3.13. The minimum absolute atomic E-state index is 0.112. The fraction of sp³-hybridized carbons (Fsp3) is 0.500. The van der Waals surface area contributed by atoms with Crippen LogP contribution in [0.15, 0.2) is 18.3 Å². The predicted octanol–water partition coefficient (Wildman–Crippen LogP) is 1.17. The minimum atomic E-state index is 0.112. The Morgan fingerprint density at radius 3 is 3.12 bits per heavy atom. The van der Waals surface area contributed by atoms with Crippen LogP contribution < -0.4 is 15.4 Å². The number of rotatable bonds is 6. The van der Waals surface area contributed by atoms with Gasteiger partial charge in [-0.2, -0.15) is 0 Å². The molecule has 5 heteroatoms. The van der Waals surface area contributed by atoms with Crippen LogP contribution in [0.4, 0.5) is 5.69 Å². The second-order valence-corrected chi connectivity index (χ2v) is 4.11. The minimum Gasteiger partial charge on any atom is -0.481 e. The highest BCUT2D eigenvalue weighted by atomic mass is 16.5. The summed E-state index contributed by atoms with van der Waals surface area (Å²) in [5, 5.41) is 6.11. The number of nitrogens with one attached hydrogen (secondary N) is 2. The average molecular weight is 235 g/mol. The zero-order chi connectivity index (χ0) is 12.1. The number of amides is 1. The van der Waals surface area contributed by atoms with Crippen LogP contribution in [-0.4, -0.2) is 30.6 Å². The Kier molecular flexibility index (Phi) is 3.80. The number of carbonyl (C=O) groups is 1. The summed E-state index contributed by atoms with van der Waals surface area (Å²) in [6, 6.07) is 4.09. The summed E-state index contributed by atoms with van der Waals surface area (Å²) < 4.78 is 5.01. The lowest BCUT2D eigenvalue weighted by atomic mass is 10.3. The van der Waals surface area contributed by atoms with Gasteiger partial charge in [-0.05, 0) is 18.9 Å². The molecular formula is C12H17N3O2. The topological polar surface area (TPSA) is 63.2 Å². The number of ether oxygens (including phenoxy) is 1. The van der Waals surface area contributed by atoms with Crippen LogP contribution >= 0.6 is 0 Å². The summed E-state index contributed by atoms with van der Waals surface area (Å²) >= 11 is 0. The molecule has 2 N–H and O–H groups in total. The molecule has 2 rings (SSSR count). The second kappa shape index (κ2) is 5.52. The molecule has 1 aromatic rings. The van der Waals surface area contributed by atoms with E-state index in [1.165, 1.54) is 0 Å². The van der Waals surface area contributed by atoms with Gasteiger partial charge in [-0.1, -0.05) is 0 Å². The number of anilines is 1. The first-order valence-electron chi connectivity index (χ1n) is 5.81. The lowest BCUT2D eigenvalue weighted by Crippen LogP contribution is -2.27. The molecule has 92 valence electrons. The smallest absolute Gasteiger partial charge is 0.221 e. The molecule has 0 radical (unpaired) electrons. The lowest BCUT2D eigenvalue weighted by molar-refractivity contribution is -0.120. The molecule has 1 amide bonds. The zero-order valence-corrected chi connectivity index (χ0v) is 9.90. The molecule has 1 aliphatic rings. The molecule has 0 aromatic carbocycles. The SMILES string of the molecule is COc1cc(NCCC(=O)NC2CC2)ccn1. The quantitative estimate of drug-likeness (QED) is 0.777. The molecule has 1 heterocycles. The monoisotopic (exact) mass is 235 g/mol. The van der Waals surface area contributed by atoms with Crippen LogP contribution in [0, 0.1) is 0 Å². The Morgan fingerprint density at radius 1 is 1.59 bits per heavy atom. The van der Waals surface area contributed by atoms with Crippen molar-refractivity contribution >= 4 is 11.6 Å². The van der Waals surface area contributed by atoms with E-state index in [-0.39, 0.29) is 5.91 Å². The van der Waals surface area contributed by atoms with Gasteiger partial charge in [-0.3, -0.25) is 4.79 Å². The van der Waals surface area contributed by atoms with Gasteiger partial charge >= 0.3 is 0 Å². The summed E-state index contributed by atoms with van der Waals surface area (Å²) in [5.41, 5.74) is 0.913. The summed E-state index contributed by atoms with van der Waals surface area (Å²) in [7, 11) is 1.58. The highest BCUT2D eigenvalue weighted by Gasteiger charge is 2.22. The summed E-state index contributed by atoms with van der Waals surface area (Å²) in [6.45, 7) is 0.617. The molecule has 1 saturated carbocycles. The van der Waals surface area contributed by atoms with Crippen molar-refractivity contribution in [1.82, 2.24) is 10.3 Å². The fourth-order valence-corrected chi connectivity index (χ4v) is 1.48. The molecule has 17 heavy (non-hydrogen) atoms. The first-order chi connectivity index (χ1) is 8.28. The molecule has 1 aliphatic carbocycles. The molecule has 0 bridgehead atoms. The van der Waals surface area contributed by atoms with E-state index >= 15 is 0 Å². The van der Waals surface area contributed by atoms with E-state index in [0.717, 1.165) is 18.5 Å². The Bertz CT molecular complexity index is 391. The zero-order valence-electron chi connectivity index (χ0n) is 9.90. The van der Waals surface area contributed by atoms with E-state index in [1.807, 2.05) is 6.07 Å². The number of hydrogen-bond donors (Lipinski definition) is 2. The van der Waals surface area contributed by atoms with Crippen LogP contribution in [0.1, 0.15) is 19.3 Å². The predicted molar refractivity (Wildman–Crippen MR) is 65.1 cm³/mol. The number of nitrogens with zero attached hydrogens (tertiary/aromatic N) is 1. The van der Waals surface area contributed by atoms with E-state index in [4.69, 9.17) is 4.74 Å². The Balaban J connectivity index is 1.71. The van der Waals surface area contributed by atoms with Crippen molar-refractivity contribution in [3.8, 4) is 5.88 Å². The molecule has 0 spiro atoms. The standard InChI is InChI=1S/C12H17N3O2/c1-17-12-8-10(4-6-14-12)13-7-5-11(16)15-9-2-3-9/h4,6,8-9H,2-3,5,7H2,1H3,(H,13,14)(H,15,16). The van der Waals surface area contributed by atoms with Gasteiger partial charge in [0.25, 0.3) is 0 Å². The lowest BCUT2D eigenvalue weighted by Gasteiger charge is -2.07. The van der Waals surface area contributed by atoms with Gasteiger partial charge < -0.3 is 15.4 Å². The van der Waals surface area contributed by atoms with Crippen molar-refractivity contribution in [2.45, 2.75) is 25.3 Å². The van der Waals surface area contributed by atoms with Crippen molar-refractivity contribution < 1.29 is 9.53 Å². The third-order valence-electron chi connectivity index (χ3n) is 2.57. The number of pyridine rings is 1. The number of methoxy groups -OCH3 is 1. The van der Waals surface area contributed by atoms with Gasteiger partial charge in [-0.25, -0.2) is 4.98 Å². The van der Waals surface area contributed by atoms with Crippen LogP contribution in [0.25, 0.3) is 0 Å². The van der Waals surface area contributed by atoms with Gasteiger partial charge in [0.1, 0.15) is 0 Å². The molecule has 5 nitrogen and oxygen atoms in total. The van der Waals surface area contributed by atoms with Gasteiger partial charge in [-0.15, -0.1) is 0 Å². The van der Waals surface area contributed by atoms with Crippen molar-refractivity contribution in [2.24, 2.45) is 0 Å². The van der Waals surface area contributed by atoms with Crippen molar-refractivity contribution in [3.63, 3.8) is 0 Å². The maximum atomic E-state index is 11.4. The van der Waals surface area contributed by atoms with Gasteiger partial charge in [0.2, 0.25) is 11.8 Å². The number of hydrogen-bond acceptors (Lipinski definition) is 4. The molecule has 0 unspecified atom stereocenters. The van der Waals surface area contributed by atoms with Crippen LogP contribution in [0.5, 0.6) is 5.88 Å². The first kappa shape index (κ1) is 11.7. The van der Waals surface area contributed by atoms with E-state index in [2.05, 4.69) is 15.6 Å². The molecular weight excluding hydrogens is 218 g/mol. The Morgan fingerprint density at radius 2 is 2.41 bits per heavy atom. The number of carbonyl (C=O) groups excluding carboxylic acids is 1. The van der Waals surface area contributed by atoms with Crippen LogP contribution in [0.2, 0.25) is 0 Å². The van der Waals surface area contributed by atoms with E-state index < -0.39 is 0 Å². The summed E-state index contributed by atoms with van der Waals surface area (Å²) in [4.78, 5) is 15.4. The highest BCUT2D eigenvalue weighted by molar-refractivity contribution is 5.77. The molecule has 0 saturated heterocycles. The normalized spacial score (nSPS) is 14.2. The highest BCUT2D eigenvalue weighted by Crippen LogP contribution is 2.18. The first-order valence-corrected chi connectivity index (χ1v) is 5.81. The number of aromatic nitrogens is 1. The third-order valence-corrected chi connectivity index (χ3v) is 2.57. The van der Waals surface area contributed by atoms with Crippen LogP contribution in [0.3, 0.4) is 0 Å². The van der Waals surface area contributed by atoms with Crippen molar-refractivity contribution in [2.75, 3.05) is 19.0 Å². The molecule has 0 atom stereocenters. The summed E-state index contributed by atoms with van der Waals surface area (Å²) in [5.74, 6) is 0.679. The van der Waals surface area contributed by atoms with Gasteiger partial charge in [0.15, 0.2) is 0 Å². The van der Waals surface area contributed by atoms with Crippen molar-refractivity contribution in [3.05, 3.63) is 18.3 Å². The van der Waals surface area contributed by atoms with E-state index in [9.17, 15) is 4.79 Å². The van der Waals surface area contributed by atoms with E-state index in [0.29, 0.717) is 24.9 Å². The molecule has 1 fully saturated rings. The van der Waals surface area contributed by atoms with Gasteiger partial charge in [0, 0.05) is 37.0 Å². The van der Waals surface area contributed by atoms with Crippen molar-refractivity contribution in [1.29, 1.82) is 0 Å². The summed E-state index contributed by atoms with van der Waals surface area (Å²) in [6.07, 6.45) is 4.41.